The molecule has 0 fully saturated rings. The fraction of sp³-hybridized carbons (Fsp3) is 0.429. The van der Waals surface area contributed by atoms with Gasteiger partial charge in [0.2, 0.25) is 0 Å². The van der Waals surface area contributed by atoms with Crippen LogP contribution in [0.3, 0.4) is 0 Å². The van der Waals surface area contributed by atoms with Gasteiger partial charge in [-0.05, 0) is 32.4 Å². The number of nitrogens with two attached hydrogens (primary N) is 1. The Hall–Kier alpha value is -1.31. The van der Waals surface area contributed by atoms with Crippen LogP contribution in [-0.4, -0.2) is 27.9 Å². The third kappa shape index (κ3) is 4.36. The number of aromatic nitrogens is 2. The minimum absolute atomic E-state index is 0. The van der Waals surface area contributed by atoms with Crippen molar-refractivity contribution in [3.63, 3.8) is 0 Å². The average Bonchev–Trinajstić information content (AvgIpc) is 2.72. The van der Waals surface area contributed by atoms with E-state index < -0.39 is 0 Å². The third-order valence-corrected chi connectivity index (χ3v) is 2.81. The first kappa shape index (κ1) is 16.7. The van der Waals surface area contributed by atoms with Gasteiger partial charge in [0.05, 0.1) is 5.69 Å². The number of nitrogens with one attached hydrogen (secondary N) is 1. The number of rotatable bonds is 4. The van der Waals surface area contributed by atoms with Gasteiger partial charge in [0, 0.05) is 31.4 Å². The molecule has 2 aromatic rings. The van der Waals surface area contributed by atoms with E-state index in [1.165, 1.54) is 5.56 Å². The summed E-state index contributed by atoms with van der Waals surface area (Å²) >= 11 is 0. The molecule has 0 saturated heterocycles. The molecule has 0 spiro atoms. The summed E-state index contributed by atoms with van der Waals surface area (Å²) in [4.78, 5) is 8.89. The molecule has 0 aliphatic heterocycles. The summed E-state index contributed by atoms with van der Waals surface area (Å²) in [6, 6.07) is 4.40. The topological polar surface area (TPSA) is 67.7 Å². The Kier molecular flexibility index (Phi) is 6.25. The lowest BCUT2D eigenvalue weighted by Gasteiger charge is -2.07. The van der Waals surface area contributed by atoms with E-state index in [1.807, 2.05) is 36.7 Å². The largest absolute Gasteiger partial charge is 0.370 e. The summed E-state index contributed by atoms with van der Waals surface area (Å²) in [5, 5.41) is 3.07. The normalized spacial score (nSPS) is 11.7. The van der Waals surface area contributed by atoms with Crippen LogP contribution in [0.2, 0.25) is 0 Å². The summed E-state index contributed by atoms with van der Waals surface area (Å²) in [6.45, 7) is 6.78. The third-order valence-electron chi connectivity index (χ3n) is 2.81. The van der Waals surface area contributed by atoms with Crippen molar-refractivity contribution in [3.8, 4) is 0 Å². The summed E-state index contributed by atoms with van der Waals surface area (Å²) < 4.78 is 2.05. The van der Waals surface area contributed by atoms with Gasteiger partial charge in [0.1, 0.15) is 5.65 Å². The second-order valence-corrected chi connectivity index (χ2v) is 4.97. The summed E-state index contributed by atoms with van der Waals surface area (Å²) in [7, 11) is 0. The Morgan fingerprint density at radius 1 is 1.50 bits per heavy atom. The molecule has 6 heteroatoms. The molecular weight excluding hydrogens is 365 g/mol. The first-order valence-corrected chi connectivity index (χ1v) is 6.56. The van der Waals surface area contributed by atoms with Crippen molar-refractivity contribution in [1.29, 1.82) is 0 Å². The second-order valence-electron chi connectivity index (χ2n) is 4.97. The van der Waals surface area contributed by atoms with Gasteiger partial charge in [0.25, 0.3) is 0 Å². The highest BCUT2D eigenvalue weighted by molar-refractivity contribution is 14.0. The molecule has 0 radical (unpaired) electrons. The number of hydrogen-bond acceptors (Lipinski definition) is 2. The van der Waals surface area contributed by atoms with E-state index in [0.29, 0.717) is 18.5 Å². The highest BCUT2D eigenvalue weighted by atomic mass is 127. The van der Waals surface area contributed by atoms with Gasteiger partial charge in [-0.15, -0.1) is 24.0 Å². The van der Waals surface area contributed by atoms with Gasteiger partial charge in [0.15, 0.2) is 5.96 Å². The maximum absolute atomic E-state index is 5.75. The molecule has 110 valence electrons. The lowest BCUT2D eigenvalue weighted by atomic mass is 10.3. The molecule has 0 aromatic carbocycles. The molecular formula is C14H22IN5. The van der Waals surface area contributed by atoms with Crippen LogP contribution in [0.4, 0.5) is 0 Å². The Morgan fingerprint density at radius 3 is 2.90 bits per heavy atom. The van der Waals surface area contributed by atoms with E-state index in [1.54, 1.807) is 0 Å². The number of fused-ring (bicyclic) bond motifs is 1. The van der Waals surface area contributed by atoms with Gasteiger partial charge in [-0.2, -0.15) is 0 Å². The molecule has 0 unspecified atom stereocenters. The Balaban J connectivity index is 0.00000200. The van der Waals surface area contributed by atoms with Crippen molar-refractivity contribution in [2.75, 3.05) is 6.54 Å². The Morgan fingerprint density at radius 2 is 2.25 bits per heavy atom. The SMILES string of the molecule is Cc1cccn2cc(CCN=C(N)NC(C)C)nc12.I. The van der Waals surface area contributed by atoms with Gasteiger partial charge in [-0.25, -0.2) is 4.98 Å². The quantitative estimate of drug-likeness (QED) is 0.480. The van der Waals surface area contributed by atoms with Gasteiger partial charge >= 0.3 is 0 Å². The Bertz CT molecular complexity index is 588. The molecule has 0 bridgehead atoms. The highest BCUT2D eigenvalue weighted by Gasteiger charge is 2.03. The monoisotopic (exact) mass is 387 g/mol. The van der Waals surface area contributed by atoms with Crippen molar-refractivity contribution >= 4 is 35.6 Å². The molecule has 0 aliphatic carbocycles. The number of aryl methyl sites for hydroxylation is 1. The zero-order valence-electron chi connectivity index (χ0n) is 12.1. The van der Waals surface area contributed by atoms with Crippen LogP contribution in [0.25, 0.3) is 5.65 Å². The number of hydrogen-bond donors (Lipinski definition) is 2. The molecule has 0 saturated carbocycles. The van der Waals surface area contributed by atoms with Crippen LogP contribution in [0, 0.1) is 6.92 Å². The van der Waals surface area contributed by atoms with Crippen LogP contribution in [0.1, 0.15) is 25.1 Å². The average molecular weight is 387 g/mol. The maximum Gasteiger partial charge on any atom is 0.188 e. The molecule has 20 heavy (non-hydrogen) atoms. The van der Waals surface area contributed by atoms with Crippen molar-refractivity contribution in [1.82, 2.24) is 14.7 Å². The maximum atomic E-state index is 5.75. The summed E-state index contributed by atoms with van der Waals surface area (Å²) in [6.07, 6.45) is 4.85. The standard InChI is InChI=1S/C14H21N5.HI/c1-10(2)17-14(15)16-7-6-12-9-19-8-4-5-11(3)13(19)18-12;/h4-5,8-10H,6-7H2,1-3H3,(H3,15,16,17);1H. The lowest BCUT2D eigenvalue weighted by Crippen LogP contribution is -2.36. The number of aliphatic imine (C=N–C) groups is 1. The predicted molar refractivity (Wildman–Crippen MR) is 93.8 cm³/mol. The van der Waals surface area contributed by atoms with Gasteiger partial charge in [-0.1, -0.05) is 6.07 Å². The van der Waals surface area contributed by atoms with E-state index in [-0.39, 0.29) is 24.0 Å². The van der Waals surface area contributed by atoms with Crippen LogP contribution >= 0.6 is 24.0 Å². The minimum Gasteiger partial charge on any atom is -0.370 e. The van der Waals surface area contributed by atoms with E-state index in [4.69, 9.17) is 5.73 Å². The smallest absolute Gasteiger partial charge is 0.188 e. The van der Waals surface area contributed by atoms with Crippen molar-refractivity contribution < 1.29 is 0 Å². The highest BCUT2D eigenvalue weighted by Crippen LogP contribution is 2.10. The van der Waals surface area contributed by atoms with Crippen LogP contribution in [0.5, 0.6) is 0 Å². The number of pyridine rings is 1. The molecule has 2 rings (SSSR count). The lowest BCUT2D eigenvalue weighted by molar-refractivity contribution is 0.723. The number of nitrogens with zero attached hydrogens (tertiary/aromatic N) is 3. The van der Waals surface area contributed by atoms with E-state index in [2.05, 4.69) is 28.3 Å². The molecule has 5 nitrogen and oxygen atoms in total. The second kappa shape index (κ2) is 7.47. The zero-order valence-corrected chi connectivity index (χ0v) is 14.5. The van der Waals surface area contributed by atoms with Crippen molar-refractivity contribution in [2.24, 2.45) is 10.7 Å². The fourth-order valence-electron chi connectivity index (χ4n) is 1.96. The number of halogens is 1. The number of guanidine groups is 1. The molecule has 0 atom stereocenters. The zero-order chi connectivity index (χ0) is 13.8. The predicted octanol–water partition coefficient (Wildman–Crippen LogP) is 2.12. The van der Waals surface area contributed by atoms with Crippen LogP contribution in [0.15, 0.2) is 29.5 Å². The first-order chi connectivity index (χ1) is 9.06. The van der Waals surface area contributed by atoms with Crippen molar-refractivity contribution in [3.05, 3.63) is 35.8 Å². The van der Waals surface area contributed by atoms with Crippen LogP contribution < -0.4 is 11.1 Å². The first-order valence-electron chi connectivity index (χ1n) is 6.56. The van der Waals surface area contributed by atoms with E-state index in [0.717, 1.165) is 17.8 Å². The Labute approximate surface area is 136 Å². The van der Waals surface area contributed by atoms with Crippen LogP contribution in [-0.2, 0) is 6.42 Å². The van der Waals surface area contributed by atoms with Gasteiger partial charge in [-0.3, -0.25) is 4.99 Å². The van der Waals surface area contributed by atoms with Gasteiger partial charge < -0.3 is 15.5 Å². The fourth-order valence-corrected chi connectivity index (χ4v) is 1.96. The molecule has 0 amide bonds. The molecule has 2 aromatic heterocycles. The molecule has 3 N–H and O–H groups in total. The van der Waals surface area contributed by atoms with E-state index >= 15 is 0 Å². The molecule has 2 heterocycles. The number of imidazole rings is 1. The molecule has 0 aliphatic rings. The summed E-state index contributed by atoms with van der Waals surface area (Å²) in [5.41, 5.74) is 8.98. The van der Waals surface area contributed by atoms with Crippen molar-refractivity contribution in [2.45, 2.75) is 33.2 Å². The summed E-state index contributed by atoms with van der Waals surface area (Å²) in [5.74, 6) is 0.495. The van der Waals surface area contributed by atoms with E-state index in [9.17, 15) is 0 Å². The minimum atomic E-state index is 0.